The van der Waals surface area contributed by atoms with Crippen molar-refractivity contribution in [2.45, 2.75) is 65.1 Å². The van der Waals surface area contributed by atoms with E-state index in [9.17, 15) is 4.39 Å². The Morgan fingerprint density at radius 2 is 1.75 bits per heavy atom. The molecule has 1 aliphatic heterocycles. The summed E-state index contributed by atoms with van der Waals surface area (Å²) in [6.07, 6.45) is 3.50. The third-order valence-corrected chi connectivity index (χ3v) is 4.99. The molecule has 0 aromatic rings. The van der Waals surface area contributed by atoms with E-state index in [1.54, 1.807) is 0 Å². The number of nitrogens with zero attached hydrogens (tertiary/aromatic N) is 1. The summed E-state index contributed by atoms with van der Waals surface area (Å²) in [6.45, 7) is 11.4. The minimum Gasteiger partial charge on any atom is -0.298 e. The predicted molar refractivity (Wildman–Crippen MR) is 66.3 cm³/mol. The molecular weight excluding hydrogens is 201 g/mol. The molecule has 1 unspecified atom stereocenters. The van der Waals surface area contributed by atoms with Crippen molar-refractivity contribution in [3.8, 4) is 0 Å². The van der Waals surface area contributed by atoms with Crippen LogP contribution in [0, 0.1) is 11.3 Å². The van der Waals surface area contributed by atoms with Gasteiger partial charge in [-0.25, -0.2) is 4.39 Å². The maximum atomic E-state index is 13.5. The molecule has 1 saturated heterocycles. The minimum atomic E-state index is -0.531. The van der Waals surface area contributed by atoms with Crippen LogP contribution in [-0.4, -0.2) is 29.7 Å². The zero-order chi connectivity index (χ0) is 12.0. The van der Waals surface area contributed by atoms with E-state index in [0.717, 1.165) is 25.9 Å². The van der Waals surface area contributed by atoms with Crippen LogP contribution < -0.4 is 0 Å². The van der Waals surface area contributed by atoms with Crippen molar-refractivity contribution in [2.24, 2.45) is 11.3 Å². The van der Waals surface area contributed by atoms with Gasteiger partial charge in [-0.3, -0.25) is 4.90 Å². The van der Waals surface area contributed by atoms with Crippen molar-refractivity contribution in [1.29, 1.82) is 0 Å². The average molecular weight is 227 g/mol. The molecule has 1 nitrogen and oxygen atoms in total. The van der Waals surface area contributed by atoms with Gasteiger partial charge in [0, 0.05) is 5.54 Å². The van der Waals surface area contributed by atoms with Crippen LogP contribution in [0.5, 0.6) is 0 Å². The number of rotatable bonds is 0. The quantitative estimate of drug-likeness (QED) is 0.611. The maximum Gasteiger partial charge on any atom is 0.101 e. The van der Waals surface area contributed by atoms with Crippen molar-refractivity contribution < 1.29 is 4.39 Å². The number of hydrogen-bond acceptors (Lipinski definition) is 1. The lowest BCUT2D eigenvalue weighted by molar-refractivity contribution is 0.0237. The van der Waals surface area contributed by atoms with Gasteiger partial charge in [-0.05, 0) is 70.9 Å². The second kappa shape index (κ2) is 3.97. The van der Waals surface area contributed by atoms with E-state index in [4.69, 9.17) is 0 Å². The molecule has 1 heterocycles. The summed E-state index contributed by atoms with van der Waals surface area (Å²) in [5.41, 5.74) is 0.611. The molecule has 0 bridgehead atoms. The Labute approximate surface area is 99.4 Å². The van der Waals surface area contributed by atoms with Crippen LogP contribution in [0.2, 0.25) is 0 Å². The topological polar surface area (TPSA) is 3.24 Å². The molecule has 0 aromatic heterocycles. The maximum absolute atomic E-state index is 13.5. The lowest BCUT2D eigenvalue weighted by atomic mass is 9.71. The highest BCUT2D eigenvalue weighted by Crippen LogP contribution is 2.51. The van der Waals surface area contributed by atoms with E-state index < -0.39 is 6.17 Å². The molecule has 0 aromatic carbocycles. The fourth-order valence-corrected chi connectivity index (χ4v) is 3.68. The summed E-state index contributed by atoms with van der Waals surface area (Å²) in [7, 11) is 0. The molecule has 94 valence electrons. The van der Waals surface area contributed by atoms with Crippen LogP contribution in [0.1, 0.15) is 53.4 Å². The SMILES string of the molecule is C[C@H]1CC(F)CC12CCN(C(C)(C)C)CC2. The lowest BCUT2D eigenvalue weighted by Gasteiger charge is -2.47. The van der Waals surface area contributed by atoms with Crippen LogP contribution in [0.15, 0.2) is 0 Å². The molecule has 2 rings (SSSR count). The van der Waals surface area contributed by atoms with Crippen LogP contribution in [0.4, 0.5) is 4.39 Å². The van der Waals surface area contributed by atoms with Gasteiger partial charge >= 0.3 is 0 Å². The van der Waals surface area contributed by atoms with E-state index >= 15 is 0 Å². The number of piperidine rings is 1. The Bertz CT molecular complexity index is 248. The van der Waals surface area contributed by atoms with Gasteiger partial charge in [0.2, 0.25) is 0 Å². The minimum absolute atomic E-state index is 0.276. The van der Waals surface area contributed by atoms with Crippen molar-refractivity contribution in [3.63, 3.8) is 0 Å². The fraction of sp³-hybridized carbons (Fsp3) is 1.00. The molecule has 1 spiro atoms. The Morgan fingerprint density at radius 1 is 1.19 bits per heavy atom. The van der Waals surface area contributed by atoms with Gasteiger partial charge in [0.1, 0.15) is 6.17 Å². The second-order valence-corrected chi connectivity index (χ2v) is 6.96. The Kier molecular flexibility index (Phi) is 3.07. The van der Waals surface area contributed by atoms with Gasteiger partial charge < -0.3 is 0 Å². The zero-order valence-corrected chi connectivity index (χ0v) is 11.2. The molecule has 0 N–H and O–H groups in total. The molecule has 2 heteroatoms. The Balaban J connectivity index is 1.99. The van der Waals surface area contributed by atoms with Gasteiger partial charge in [-0.15, -0.1) is 0 Å². The summed E-state index contributed by atoms with van der Waals surface area (Å²) in [6, 6.07) is 0. The van der Waals surface area contributed by atoms with Gasteiger partial charge in [-0.2, -0.15) is 0 Å². The molecule has 2 atom stereocenters. The first kappa shape index (κ1) is 12.3. The zero-order valence-electron chi connectivity index (χ0n) is 11.2. The summed E-state index contributed by atoms with van der Waals surface area (Å²) in [4.78, 5) is 2.55. The highest BCUT2D eigenvalue weighted by Gasteiger charge is 2.47. The van der Waals surface area contributed by atoms with E-state index in [0.29, 0.717) is 11.3 Å². The fourth-order valence-electron chi connectivity index (χ4n) is 3.68. The Morgan fingerprint density at radius 3 is 2.12 bits per heavy atom. The van der Waals surface area contributed by atoms with Crippen molar-refractivity contribution in [2.75, 3.05) is 13.1 Å². The monoisotopic (exact) mass is 227 g/mol. The van der Waals surface area contributed by atoms with Crippen LogP contribution in [-0.2, 0) is 0 Å². The molecule has 0 amide bonds. The van der Waals surface area contributed by atoms with E-state index in [-0.39, 0.29) is 5.54 Å². The summed E-state index contributed by atoms with van der Waals surface area (Å²) in [5.74, 6) is 0.588. The predicted octanol–water partition coefficient (Wildman–Crippen LogP) is 3.64. The van der Waals surface area contributed by atoms with E-state index in [2.05, 4.69) is 32.6 Å². The van der Waals surface area contributed by atoms with Gasteiger partial charge in [0.25, 0.3) is 0 Å². The first-order chi connectivity index (χ1) is 7.33. The molecule has 1 saturated carbocycles. The molecule has 0 radical (unpaired) electrons. The molecule has 2 aliphatic rings. The number of likely N-dealkylation sites (tertiary alicyclic amines) is 1. The first-order valence-electron chi connectivity index (χ1n) is 6.73. The largest absolute Gasteiger partial charge is 0.298 e. The summed E-state index contributed by atoms with van der Waals surface area (Å²) >= 11 is 0. The second-order valence-electron chi connectivity index (χ2n) is 6.96. The van der Waals surface area contributed by atoms with Gasteiger partial charge in [-0.1, -0.05) is 6.92 Å². The van der Waals surface area contributed by atoms with Gasteiger partial charge in [0.05, 0.1) is 0 Å². The number of halogens is 1. The van der Waals surface area contributed by atoms with E-state index in [1.807, 2.05) is 0 Å². The lowest BCUT2D eigenvalue weighted by Crippen LogP contribution is -2.49. The standard InChI is InChI=1S/C14H26FN/c1-11-9-12(15)10-14(11)5-7-16(8-6-14)13(2,3)4/h11-12H,5-10H2,1-4H3/t11-,12?/m0/s1. The number of alkyl halides is 1. The number of hydrogen-bond donors (Lipinski definition) is 0. The average Bonchev–Trinajstić information content (AvgIpc) is 2.41. The third-order valence-electron chi connectivity index (χ3n) is 4.99. The van der Waals surface area contributed by atoms with Crippen molar-refractivity contribution >= 4 is 0 Å². The van der Waals surface area contributed by atoms with E-state index in [1.165, 1.54) is 12.8 Å². The first-order valence-corrected chi connectivity index (χ1v) is 6.73. The van der Waals surface area contributed by atoms with Crippen molar-refractivity contribution in [3.05, 3.63) is 0 Å². The highest BCUT2D eigenvalue weighted by molar-refractivity contribution is 4.98. The third kappa shape index (κ3) is 2.13. The Hall–Kier alpha value is -0.110. The van der Waals surface area contributed by atoms with Crippen LogP contribution in [0.3, 0.4) is 0 Å². The highest BCUT2D eigenvalue weighted by atomic mass is 19.1. The smallest absolute Gasteiger partial charge is 0.101 e. The molecule has 16 heavy (non-hydrogen) atoms. The summed E-state index contributed by atoms with van der Waals surface area (Å²) in [5, 5.41) is 0. The van der Waals surface area contributed by atoms with Gasteiger partial charge in [0.15, 0.2) is 0 Å². The molecular formula is C14H26FN. The van der Waals surface area contributed by atoms with Crippen LogP contribution >= 0.6 is 0 Å². The van der Waals surface area contributed by atoms with Crippen molar-refractivity contribution in [1.82, 2.24) is 4.90 Å². The summed E-state index contributed by atoms with van der Waals surface area (Å²) < 4.78 is 13.5. The molecule has 1 aliphatic carbocycles. The van der Waals surface area contributed by atoms with Crippen LogP contribution in [0.25, 0.3) is 0 Å². The normalized spacial score (nSPS) is 35.8. The molecule has 2 fully saturated rings.